The second-order valence-electron chi connectivity index (χ2n) is 4.38. The van der Waals surface area contributed by atoms with Crippen molar-refractivity contribution in [3.05, 3.63) is 0 Å². The van der Waals surface area contributed by atoms with Crippen molar-refractivity contribution in [1.82, 2.24) is 15.1 Å². The van der Waals surface area contributed by atoms with E-state index in [-0.39, 0.29) is 0 Å². The van der Waals surface area contributed by atoms with Gasteiger partial charge in [-0.25, -0.2) is 0 Å². The summed E-state index contributed by atoms with van der Waals surface area (Å²) in [6.45, 7) is 12.9. The second kappa shape index (κ2) is 5.69. The van der Waals surface area contributed by atoms with Gasteiger partial charge in [0.25, 0.3) is 0 Å². The van der Waals surface area contributed by atoms with Crippen molar-refractivity contribution in [2.75, 3.05) is 39.8 Å². The lowest BCUT2D eigenvalue weighted by molar-refractivity contribution is 0.0642. The highest BCUT2D eigenvalue weighted by molar-refractivity contribution is 4.81. The first-order chi connectivity index (χ1) is 6.69. The first kappa shape index (κ1) is 12.0. The molecular formula is C11H25N3. The van der Waals surface area contributed by atoms with E-state index in [1.54, 1.807) is 0 Å². The van der Waals surface area contributed by atoms with E-state index < -0.39 is 0 Å². The fourth-order valence-corrected chi connectivity index (χ4v) is 2.32. The molecule has 0 aromatic heterocycles. The van der Waals surface area contributed by atoms with Crippen molar-refractivity contribution >= 4 is 0 Å². The quantitative estimate of drug-likeness (QED) is 0.716. The number of nitrogens with one attached hydrogen (secondary N) is 1. The van der Waals surface area contributed by atoms with Gasteiger partial charge in [0, 0.05) is 38.3 Å². The van der Waals surface area contributed by atoms with Gasteiger partial charge >= 0.3 is 0 Å². The molecule has 0 radical (unpaired) electrons. The van der Waals surface area contributed by atoms with Crippen molar-refractivity contribution in [2.24, 2.45) is 0 Å². The van der Waals surface area contributed by atoms with Crippen molar-refractivity contribution in [3.63, 3.8) is 0 Å². The summed E-state index contributed by atoms with van der Waals surface area (Å²) in [5, 5.41) is 3.25. The maximum absolute atomic E-state index is 3.25. The summed E-state index contributed by atoms with van der Waals surface area (Å²) < 4.78 is 0. The molecule has 1 aliphatic rings. The van der Waals surface area contributed by atoms with Crippen LogP contribution in [0.2, 0.25) is 0 Å². The Morgan fingerprint density at radius 1 is 1.43 bits per heavy atom. The molecule has 1 aliphatic heterocycles. The van der Waals surface area contributed by atoms with Crippen LogP contribution in [0.1, 0.15) is 20.8 Å². The van der Waals surface area contributed by atoms with Gasteiger partial charge in [-0.2, -0.15) is 0 Å². The van der Waals surface area contributed by atoms with Crippen LogP contribution >= 0.6 is 0 Å². The second-order valence-corrected chi connectivity index (χ2v) is 4.38. The molecule has 1 heterocycles. The third-order valence-electron chi connectivity index (χ3n) is 3.33. The number of rotatable bonds is 4. The van der Waals surface area contributed by atoms with Crippen LogP contribution < -0.4 is 5.32 Å². The predicted molar refractivity (Wildman–Crippen MR) is 61.7 cm³/mol. The Labute approximate surface area is 88.5 Å². The predicted octanol–water partition coefficient (Wildman–Crippen LogP) is 0.620. The monoisotopic (exact) mass is 199 g/mol. The highest BCUT2D eigenvalue weighted by Crippen LogP contribution is 2.11. The number of hydrogen-bond donors (Lipinski definition) is 1. The first-order valence-electron chi connectivity index (χ1n) is 5.81. The molecule has 3 nitrogen and oxygen atoms in total. The molecule has 0 saturated carbocycles. The normalized spacial score (nSPS) is 27.9. The topological polar surface area (TPSA) is 18.5 Å². The van der Waals surface area contributed by atoms with E-state index >= 15 is 0 Å². The fraction of sp³-hybridized carbons (Fsp3) is 1.00. The molecule has 0 aromatic carbocycles. The minimum Gasteiger partial charge on any atom is -0.318 e. The van der Waals surface area contributed by atoms with Crippen LogP contribution in [-0.4, -0.2) is 61.7 Å². The Hall–Kier alpha value is -0.120. The first-order valence-corrected chi connectivity index (χ1v) is 5.81. The van der Waals surface area contributed by atoms with Gasteiger partial charge in [0.2, 0.25) is 0 Å². The van der Waals surface area contributed by atoms with Crippen LogP contribution in [0.4, 0.5) is 0 Å². The van der Waals surface area contributed by atoms with E-state index in [0.717, 1.165) is 6.54 Å². The molecule has 3 heteroatoms. The van der Waals surface area contributed by atoms with Gasteiger partial charge in [-0.05, 0) is 27.4 Å². The van der Waals surface area contributed by atoms with E-state index in [1.807, 2.05) is 7.05 Å². The Kier molecular flexibility index (Phi) is 4.85. The Balaban J connectivity index is 2.37. The van der Waals surface area contributed by atoms with Crippen molar-refractivity contribution < 1.29 is 0 Å². The third kappa shape index (κ3) is 2.94. The highest BCUT2D eigenvalue weighted by atomic mass is 15.3. The minimum absolute atomic E-state index is 0.668. The largest absolute Gasteiger partial charge is 0.318 e. The summed E-state index contributed by atoms with van der Waals surface area (Å²) in [6.07, 6.45) is 0. The van der Waals surface area contributed by atoms with E-state index in [1.165, 1.54) is 26.2 Å². The molecular weight excluding hydrogens is 174 g/mol. The van der Waals surface area contributed by atoms with Crippen molar-refractivity contribution in [3.8, 4) is 0 Å². The molecule has 1 fully saturated rings. The smallest absolute Gasteiger partial charge is 0.0195 e. The molecule has 0 bridgehead atoms. The number of nitrogens with zero attached hydrogens (tertiary/aromatic N) is 2. The molecule has 2 unspecified atom stereocenters. The maximum atomic E-state index is 3.25. The van der Waals surface area contributed by atoms with Gasteiger partial charge in [-0.15, -0.1) is 0 Å². The third-order valence-corrected chi connectivity index (χ3v) is 3.33. The minimum atomic E-state index is 0.668. The van der Waals surface area contributed by atoms with Gasteiger partial charge in [0.1, 0.15) is 0 Å². The van der Waals surface area contributed by atoms with E-state index in [0.29, 0.717) is 12.1 Å². The number of likely N-dealkylation sites (N-methyl/N-ethyl adjacent to an activating group) is 2. The average Bonchev–Trinajstić information content (AvgIpc) is 2.18. The zero-order valence-electron chi connectivity index (χ0n) is 10.1. The summed E-state index contributed by atoms with van der Waals surface area (Å²) >= 11 is 0. The van der Waals surface area contributed by atoms with Gasteiger partial charge < -0.3 is 5.32 Å². The molecule has 2 atom stereocenters. The zero-order valence-corrected chi connectivity index (χ0v) is 10.1. The Morgan fingerprint density at radius 2 is 2.14 bits per heavy atom. The fourth-order valence-electron chi connectivity index (χ4n) is 2.32. The summed E-state index contributed by atoms with van der Waals surface area (Å²) in [4.78, 5) is 5.15. The van der Waals surface area contributed by atoms with Gasteiger partial charge in [-0.3, -0.25) is 9.80 Å². The number of piperazine rings is 1. The van der Waals surface area contributed by atoms with Crippen LogP contribution in [0.5, 0.6) is 0 Å². The lowest BCUT2D eigenvalue weighted by Crippen LogP contribution is -2.55. The summed E-state index contributed by atoms with van der Waals surface area (Å²) in [6, 6.07) is 1.38. The lowest BCUT2D eigenvalue weighted by Gasteiger charge is -2.42. The molecule has 1 rings (SSSR count). The van der Waals surface area contributed by atoms with E-state index in [9.17, 15) is 0 Å². The van der Waals surface area contributed by atoms with Crippen LogP contribution in [0.25, 0.3) is 0 Å². The van der Waals surface area contributed by atoms with Gasteiger partial charge in [-0.1, -0.05) is 6.92 Å². The van der Waals surface area contributed by atoms with Crippen LogP contribution in [-0.2, 0) is 0 Å². The lowest BCUT2D eigenvalue weighted by atomic mass is 10.1. The maximum Gasteiger partial charge on any atom is 0.0195 e. The summed E-state index contributed by atoms with van der Waals surface area (Å²) in [5.41, 5.74) is 0. The molecule has 0 aliphatic carbocycles. The molecule has 0 amide bonds. The average molecular weight is 199 g/mol. The molecule has 84 valence electrons. The molecule has 1 saturated heterocycles. The van der Waals surface area contributed by atoms with Crippen LogP contribution in [0.15, 0.2) is 0 Å². The number of hydrogen-bond acceptors (Lipinski definition) is 3. The van der Waals surface area contributed by atoms with Crippen molar-refractivity contribution in [1.29, 1.82) is 0 Å². The van der Waals surface area contributed by atoms with Crippen LogP contribution in [0.3, 0.4) is 0 Å². The van der Waals surface area contributed by atoms with E-state index in [4.69, 9.17) is 0 Å². The highest BCUT2D eigenvalue weighted by Gasteiger charge is 2.24. The standard InChI is InChI=1S/C11H25N3/c1-5-13-6-7-14(9-11(13)3)10(2)8-12-4/h10-12H,5-9H2,1-4H3. The molecule has 14 heavy (non-hydrogen) atoms. The Morgan fingerprint density at radius 3 is 2.64 bits per heavy atom. The zero-order chi connectivity index (χ0) is 10.6. The van der Waals surface area contributed by atoms with E-state index in [2.05, 4.69) is 35.9 Å². The Bertz CT molecular complexity index is 161. The van der Waals surface area contributed by atoms with Gasteiger partial charge in [0.15, 0.2) is 0 Å². The van der Waals surface area contributed by atoms with Crippen molar-refractivity contribution in [2.45, 2.75) is 32.9 Å². The molecule has 0 spiro atoms. The van der Waals surface area contributed by atoms with Gasteiger partial charge in [0.05, 0.1) is 0 Å². The summed E-state index contributed by atoms with van der Waals surface area (Å²) in [7, 11) is 2.03. The SMILES string of the molecule is CCN1CCN(C(C)CNC)CC1C. The molecule has 1 N–H and O–H groups in total. The van der Waals surface area contributed by atoms with Crippen LogP contribution in [0, 0.1) is 0 Å². The molecule has 0 aromatic rings. The summed E-state index contributed by atoms with van der Waals surface area (Å²) in [5.74, 6) is 0.